The molecule has 0 saturated heterocycles. The van der Waals surface area contributed by atoms with Crippen molar-refractivity contribution in [1.29, 1.82) is 0 Å². The Labute approximate surface area is 103 Å². The SMILES string of the molecule is CN=C(N)NCCCCCCCCNC(N)=O. The fourth-order valence-corrected chi connectivity index (χ4v) is 1.46. The van der Waals surface area contributed by atoms with Crippen molar-refractivity contribution in [2.45, 2.75) is 38.5 Å². The predicted molar refractivity (Wildman–Crippen MR) is 70.8 cm³/mol. The fourth-order valence-electron chi connectivity index (χ4n) is 1.46. The molecule has 0 atom stereocenters. The van der Waals surface area contributed by atoms with Gasteiger partial charge in [-0.1, -0.05) is 25.7 Å². The van der Waals surface area contributed by atoms with Gasteiger partial charge in [-0.15, -0.1) is 0 Å². The minimum absolute atomic E-state index is 0.439. The number of nitrogens with two attached hydrogens (primary N) is 2. The molecule has 0 aromatic heterocycles. The first-order valence-corrected chi connectivity index (χ1v) is 6.16. The van der Waals surface area contributed by atoms with Gasteiger partial charge in [-0.3, -0.25) is 4.99 Å². The normalized spacial score (nSPS) is 11.2. The van der Waals surface area contributed by atoms with Crippen LogP contribution in [0.5, 0.6) is 0 Å². The van der Waals surface area contributed by atoms with Crippen LogP contribution in [0.2, 0.25) is 0 Å². The number of rotatable bonds is 9. The molecule has 0 rings (SSSR count). The van der Waals surface area contributed by atoms with Crippen molar-refractivity contribution in [1.82, 2.24) is 10.6 Å². The summed E-state index contributed by atoms with van der Waals surface area (Å²) in [7, 11) is 1.67. The Balaban J connectivity index is 3.06. The molecule has 0 spiro atoms. The lowest BCUT2D eigenvalue weighted by molar-refractivity contribution is 0.248. The molecule has 0 radical (unpaired) electrons. The van der Waals surface area contributed by atoms with E-state index < -0.39 is 6.03 Å². The molecular formula is C11H25N5O. The van der Waals surface area contributed by atoms with Crippen molar-refractivity contribution in [2.75, 3.05) is 20.1 Å². The van der Waals surface area contributed by atoms with Crippen LogP contribution in [-0.2, 0) is 0 Å². The van der Waals surface area contributed by atoms with Gasteiger partial charge in [0.1, 0.15) is 0 Å². The fraction of sp³-hybridized carbons (Fsp3) is 0.818. The van der Waals surface area contributed by atoms with E-state index >= 15 is 0 Å². The summed E-state index contributed by atoms with van der Waals surface area (Å²) in [5.74, 6) is 0.502. The smallest absolute Gasteiger partial charge is 0.312 e. The van der Waals surface area contributed by atoms with Gasteiger partial charge >= 0.3 is 6.03 Å². The molecule has 100 valence electrons. The van der Waals surface area contributed by atoms with E-state index in [2.05, 4.69) is 15.6 Å². The number of unbranched alkanes of at least 4 members (excludes halogenated alkanes) is 5. The molecule has 0 aliphatic heterocycles. The summed E-state index contributed by atoms with van der Waals surface area (Å²) in [5.41, 5.74) is 10.4. The van der Waals surface area contributed by atoms with E-state index in [1.165, 1.54) is 19.3 Å². The maximum Gasteiger partial charge on any atom is 0.312 e. The summed E-state index contributed by atoms with van der Waals surface area (Å²) in [5, 5.41) is 5.60. The van der Waals surface area contributed by atoms with E-state index in [-0.39, 0.29) is 0 Å². The first-order chi connectivity index (χ1) is 8.16. The van der Waals surface area contributed by atoms with Crippen LogP contribution in [-0.4, -0.2) is 32.1 Å². The van der Waals surface area contributed by atoms with Crippen LogP contribution in [0.25, 0.3) is 0 Å². The second kappa shape index (κ2) is 11.0. The summed E-state index contributed by atoms with van der Waals surface area (Å²) >= 11 is 0. The molecule has 6 heteroatoms. The highest BCUT2D eigenvalue weighted by Gasteiger charge is 1.94. The molecule has 0 aromatic carbocycles. The Hall–Kier alpha value is -1.46. The number of nitrogens with zero attached hydrogens (tertiary/aromatic N) is 1. The van der Waals surface area contributed by atoms with Gasteiger partial charge in [0.25, 0.3) is 0 Å². The largest absolute Gasteiger partial charge is 0.370 e. The van der Waals surface area contributed by atoms with E-state index in [0.29, 0.717) is 12.5 Å². The van der Waals surface area contributed by atoms with E-state index in [4.69, 9.17) is 11.5 Å². The van der Waals surface area contributed by atoms with Crippen molar-refractivity contribution in [3.63, 3.8) is 0 Å². The second-order valence-electron chi connectivity index (χ2n) is 3.95. The summed E-state index contributed by atoms with van der Waals surface area (Å²) < 4.78 is 0. The Morgan fingerprint density at radius 1 is 0.941 bits per heavy atom. The molecule has 6 nitrogen and oxygen atoms in total. The highest BCUT2D eigenvalue weighted by molar-refractivity contribution is 5.77. The van der Waals surface area contributed by atoms with Gasteiger partial charge in [0, 0.05) is 20.1 Å². The van der Waals surface area contributed by atoms with Crippen molar-refractivity contribution >= 4 is 12.0 Å². The molecular weight excluding hydrogens is 218 g/mol. The first kappa shape index (κ1) is 15.5. The topological polar surface area (TPSA) is 106 Å². The van der Waals surface area contributed by atoms with Crippen LogP contribution in [0.15, 0.2) is 4.99 Å². The van der Waals surface area contributed by atoms with Gasteiger partial charge in [-0.25, -0.2) is 4.79 Å². The number of guanidine groups is 1. The monoisotopic (exact) mass is 243 g/mol. The molecule has 17 heavy (non-hydrogen) atoms. The highest BCUT2D eigenvalue weighted by atomic mass is 16.2. The van der Waals surface area contributed by atoms with Crippen LogP contribution >= 0.6 is 0 Å². The average Bonchev–Trinajstić information content (AvgIpc) is 2.30. The van der Waals surface area contributed by atoms with E-state index in [1.807, 2.05) is 0 Å². The number of urea groups is 1. The number of hydrogen-bond donors (Lipinski definition) is 4. The number of aliphatic imine (C=N–C) groups is 1. The number of carbonyl (C=O) groups is 1. The lowest BCUT2D eigenvalue weighted by Gasteiger charge is -2.05. The third-order valence-corrected chi connectivity index (χ3v) is 2.45. The van der Waals surface area contributed by atoms with Crippen molar-refractivity contribution in [3.05, 3.63) is 0 Å². The van der Waals surface area contributed by atoms with Crippen LogP contribution in [0.3, 0.4) is 0 Å². The van der Waals surface area contributed by atoms with Crippen LogP contribution in [0.1, 0.15) is 38.5 Å². The lowest BCUT2D eigenvalue weighted by atomic mass is 10.1. The minimum Gasteiger partial charge on any atom is -0.370 e. The Bertz CT molecular complexity index is 230. The Morgan fingerprint density at radius 3 is 1.88 bits per heavy atom. The molecule has 0 fully saturated rings. The zero-order valence-corrected chi connectivity index (χ0v) is 10.7. The number of amides is 2. The molecule has 0 heterocycles. The summed E-state index contributed by atoms with van der Waals surface area (Å²) in [4.78, 5) is 14.2. The summed E-state index contributed by atoms with van der Waals surface area (Å²) in [6.45, 7) is 1.56. The third kappa shape index (κ3) is 12.5. The molecule has 0 aliphatic rings. The van der Waals surface area contributed by atoms with Crippen molar-refractivity contribution < 1.29 is 4.79 Å². The molecule has 0 saturated carbocycles. The van der Waals surface area contributed by atoms with Crippen LogP contribution < -0.4 is 22.1 Å². The predicted octanol–water partition coefficient (Wildman–Crippen LogP) is 0.529. The van der Waals surface area contributed by atoms with Gasteiger partial charge in [0.05, 0.1) is 0 Å². The van der Waals surface area contributed by atoms with Gasteiger partial charge < -0.3 is 22.1 Å². The minimum atomic E-state index is -0.439. The zero-order chi connectivity index (χ0) is 12.9. The number of nitrogens with one attached hydrogen (secondary N) is 2. The van der Waals surface area contributed by atoms with Crippen LogP contribution in [0, 0.1) is 0 Å². The zero-order valence-electron chi connectivity index (χ0n) is 10.7. The van der Waals surface area contributed by atoms with Crippen LogP contribution in [0.4, 0.5) is 4.79 Å². The van der Waals surface area contributed by atoms with Crippen molar-refractivity contribution in [2.24, 2.45) is 16.5 Å². The summed E-state index contributed by atoms with van der Waals surface area (Å²) in [6.07, 6.45) is 6.82. The average molecular weight is 243 g/mol. The second-order valence-corrected chi connectivity index (χ2v) is 3.95. The molecule has 2 amide bonds. The standard InChI is InChI=1S/C11H25N5O/c1-14-10(12)15-8-6-4-2-3-5-7-9-16-11(13)17/h2-9H2,1H3,(H3,12,14,15)(H3,13,16,17). The van der Waals surface area contributed by atoms with Crippen molar-refractivity contribution in [3.8, 4) is 0 Å². The van der Waals surface area contributed by atoms with E-state index in [1.54, 1.807) is 7.05 Å². The van der Waals surface area contributed by atoms with Gasteiger partial charge in [-0.05, 0) is 12.8 Å². The quantitative estimate of drug-likeness (QED) is 0.269. The lowest BCUT2D eigenvalue weighted by Crippen LogP contribution is -2.32. The number of primary amides is 1. The molecule has 0 aliphatic carbocycles. The molecule has 0 unspecified atom stereocenters. The maximum atomic E-state index is 10.4. The highest BCUT2D eigenvalue weighted by Crippen LogP contribution is 2.04. The first-order valence-electron chi connectivity index (χ1n) is 6.16. The molecule has 0 bridgehead atoms. The van der Waals surface area contributed by atoms with Gasteiger partial charge in [0.2, 0.25) is 0 Å². The summed E-state index contributed by atoms with van der Waals surface area (Å²) in [6, 6.07) is -0.439. The van der Waals surface area contributed by atoms with Gasteiger partial charge in [0.15, 0.2) is 5.96 Å². The number of hydrogen-bond acceptors (Lipinski definition) is 2. The Kier molecular flexibility index (Phi) is 10.1. The number of carbonyl (C=O) groups excluding carboxylic acids is 1. The maximum absolute atomic E-state index is 10.4. The van der Waals surface area contributed by atoms with Gasteiger partial charge in [-0.2, -0.15) is 0 Å². The molecule has 6 N–H and O–H groups in total. The molecule has 0 aromatic rings. The Morgan fingerprint density at radius 2 is 1.41 bits per heavy atom. The third-order valence-electron chi connectivity index (χ3n) is 2.45. The van der Waals surface area contributed by atoms with E-state index in [9.17, 15) is 4.79 Å². The van der Waals surface area contributed by atoms with E-state index in [0.717, 1.165) is 25.8 Å².